The van der Waals surface area contributed by atoms with Gasteiger partial charge in [-0.15, -0.1) is 0 Å². The number of carbonyl (C=O) groups excluding carboxylic acids is 1. The van der Waals surface area contributed by atoms with Gasteiger partial charge in [0.15, 0.2) is 0 Å². The van der Waals surface area contributed by atoms with E-state index in [0.717, 1.165) is 16.9 Å². The van der Waals surface area contributed by atoms with Gasteiger partial charge in [0.05, 0.1) is 0 Å². The number of aryl methyl sites for hydroxylation is 1. The summed E-state index contributed by atoms with van der Waals surface area (Å²) >= 11 is 0. The van der Waals surface area contributed by atoms with Gasteiger partial charge in [-0.2, -0.15) is 0 Å². The summed E-state index contributed by atoms with van der Waals surface area (Å²) in [5.41, 5.74) is 3.10. The highest BCUT2D eigenvalue weighted by atomic mass is 16.2. The number of nitrogens with one attached hydrogen (secondary N) is 2. The molecule has 0 bridgehead atoms. The van der Waals surface area contributed by atoms with Gasteiger partial charge < -0.3 is 10.6 Å². The van der Waals surface area contributed by atoms with Crippen LogP contribution in [0.15, 0.2) is 79.0 Å². The number of amides is 1. The summed E-state index contributed by atoms with van der Waals surface area (Å²) < 4.78 is 0. The molecular formula is C23H25N3O. The molecule has 27 heavy (non-hydrogen) atoms. The lowest BCUT2D eigenvalue weighted by molar-refractivity contribution is -0.125. The minimum atomic E-state index is -0.874. The average Bonchev–Trinajstić information content (AvgIpc) is 2.71. The van der Waals surface area contributed by atoms with Crippen molar-refractivity contribution < 1.29 is 4.79 Å². The molecule has 3 aromatic rings. The third kappa shape index (κ3) is 4.73. The maximum Gasteiger partial charge on any atom is 0.250 e. The van der Waals surface area contributed by atoms with Crippen LogP contribution in [0.25, 0.3) is 0 Å². The SMILES string of the molecule is Cc1ccc(N[C@@](C)(C(=O)NCCc2ccccn2)c2ccccc2)cc1. The smallest absolute Gasteiger partial charge is 0.250 e. The van der Waals surface area contributed by atoms with E-state index in [0.29, 0.717) is 13.0 Å². The maximum absolute atomic E-state index is 13.1. The molecule has 1 atom stereocenters. The summed E-state index contributed by atoms with van der Waals surface area (Å²) in [6.45, 7) is 4.50. The standard InChI is InChI=1S/C23H25N3O/c1-18-11-13-21(14-12-18)26-23(2,19-8-4-3-5-9-19)22(27)25-17-15-20-10-6-7-16-24-20/h3-14,16,26H,15,17H2,1-2H3,(H,25,27)/t23-/m1/s1. The van der Waals surface area contributed by atoms with E-state index >= 15 is 0 Å². The van der Waals surface area contributed by atoms with Crippen molar-refractivity contribution in [1.82, 2.24) is 10.3 Å². The Morgan fingerprint density at radius 1 is 0.963 bits per heavy atom. The number of nitrogens with zero attached hydrogens (tertiary/aromatic N) is 1. The van der Waals surface area contributed by atoms with Crippen molar-refractivity contribution in [1.29, 1.82) is 0 Å². The van der Waals surface area contributed by atoms with Crippen molar-refractivity contribution in [2.75, 3.05) is 11.9 Å². The van der Waals surface area contributed by atoms with E-state index < -0.39 is 5.54 Å². The van der Waals surface area contributed by atoms with Crippen molar-refractivity contribution in [3.8, 4) is 0 Å². The van der Waals surface area contributed by atoms with Gasteiger partial charge in [0.25, 0.3) is 0 Å². The zero-order chi connectivity index (χ0) is 19.1. The molecule has 1 amide bonds. The number of anilines is 1. The third-order valence-corrected chi connectivity index (χ3v) is 4.64. The number of hydrogen-bond acceptors (Lipinski definition) is 3. The highest BCUT2D eigenvalue weighted by Crippen LogP contribution is 2.26. The molecule has 1 aromatic heterocycles. The van der Waals surface area contributed by atoms with Crippen molar-refractivity contribution in [2.45, 2.75) is 25.8 Å². The van der Waals surface area contributed by atoms with Gasteiger partial charge >= 0.3 is 0 Å². The molecule has 0 unspecified atom stereocenters. The highest BCUT2D eigenvalue weighted by Gasteiger charge is 2.34. The maximum atomic E-state index is 13.1. The first-order valence-corrected chi connectivity index (χ1v) is 9.16. The zero-order valence-corrected chi connectivity index (χ0v) is 15.8. The van der Waals surface area contributed by atoms with Gasteiger partial charge in [-0.1, -0.05) is 54.1 Å². The van der Waals surface area contributed by atoms with Gasteiger partial charge in [0.1, 0.15) is 5.54 Å². The molecular weight excluding hydrogens is 334 g/mol. The molecule has 0 spiro atoms. The van der Waals surface area contributed by atoms with Gasteiger partial charge in [-0.3, -0.25) is 9.78 Å². The van der Waals surface area contributed by atoms with Crippen molar-refractivity contribution in [3.05, 3.63) is 95.8 Å². The predicted octanol–water partition coefficient (Wildman–Crippen LogP) is 4.08. The number of benzene rings is 2. The molecule has 138 valence electrons. The van der Waals surface area contributed by atoms with Crippen LogP contribution in [0.1, 0.15) is 23.7 Å². The van der Waals surface area contributed by atoms with Crippen molar-refractivity contribution in [3.63, 3.8) is 0 Å². The van der Waals surface area contributed by atoms with E-state index in [-0.39, 0.29) is 5.91 Å². The van der Waals surface area contributed by atoms with Crippen molar-refractivity contribution >= 4 is 11.6 Å². The Balaban J connectivity index is 1.76. The Hall–Kier alpha value is -3.14. The number of aromatic nitrogens is 1. The van der Waals surface area contributed by atoms with Crippen LogP contribution in [0.5, 0.6) is 0 Å². The first kappa shape index (κ1) is 18.6. The van der Waals surface area contributed by atoms with Crippen LogP contribution in [-0.2, 0) is 16.8 Å². The molecule has 2 N–H and O–H groups in total. The molecule has 0 aliphatic carbocycles. The summed E-state index contributed by atoms with van der Waals surface area (Å²) in [7, 11) is 0. The Bertz CT molecular complexity index is 863. The fourth-order valence-corrected chi connectivity index (χ4v) is 2.98. The lowest BCUT2D eigenvalue weighted by Gasteiger charge is -2.31. The third-order valence-electron chi connectivity index (χ3n) is 4.64. The van der Waals surface area contributed by atoms with Crippen LogP contribution in [-0.4, -0.2) is 17.4 Å². The topological polar surface area (TPSA) is 54.0 Å². The minimum Gasteiger partial charge on any atom is -0.368 e. The normalized spacial score (nSPS) is 12.8. The second kappa shape index (κ2) is 8.49. The van der Waals surface area contributed by atoms with E-state index in [1.807, 2.05) is 86.6 Å². The summed E-state index contributed by atoms with van der Waals surface area (Å²) in [6, 6.07) is 23.7. The molecule has 0 fully saturated rings. The molecule has 0 saturated heterocycles. The molecule has 4 nitrogen and oxygen atoms in total. The second-order valence-corrected chi connectivity index (χ2v) is 6.81. The van der Waals surface area contributed by atoms with Crippen LogP contribution in [0.3, 0.4) is 0 Å². The first-order valence-electron chi connectivity index (χ1n) is 9.16. The summed E-state index contributed by atoms with van der Waals surface area (Å²) in [5.74, 6) is -0.0646. The quantitative estimate of drug-likeness (QED) is 0.668. The number of hydrogen-bond donors (Lipinski definition) is 2. The largest absolute Gasteiger partial charge is 0.368 e. The van der Waals surface area contributed by atoms with Gasteiger partial charge in [0, 0.05) is 30.5 Å². The lowest BCUT2D eigenvalue weighted by Crippen LogP contribution is -2.48. The van der Waals surface area contributed by atoms with E-state index in [9.17, 15) is 4.79 Å². The summed E-state index contributed by atoms with van der Waals surface area (Å²) in [5, 5.41) is 6.48. The highest BCUT2D eigenvalue weighted by molar-refractivity contribution is 5.90. The molecule has 0 aliphatic rings. The van der Waals surface area contributed by atoms with Crippen LogP contribution < -0.4 is 10.6 Å². The number of rotatable bonds is 7. The fraction of sp³-hybridized carbons (Fsp3) is 0.217. The fourth-order valence-electron chi connectivity index (χ4n) is 2.98. The van der Waals surface area contributed by atoms with Crippen LogP contribution in [0, 0.1) is 6.92 Å². The number of pyridine rings is 1. The Morgan fingerprint density at radius 3 is 2.33 bits per heavy atom. The molecule has 3 rings (SSSR count). The second-order valence-electron chi connectivity index (χ2n) is 6.81. The van der Waals surface area contributed by atoms with E-state index in [4.69, 9.17) is 0 Å². The van der Waals surface area contributed by atoms with Gasteiger partial charge in [-0.05, 0) is 43.7 Å². The van der Waals surface area contributed by atoms with Gasteiger partial charge in [0.2, 0.25) is 5.91 Å². The van der Waals surface area contributed by atoms with Crippen LogP contribution in [0.4, 0.5) is 5.69 Å². The van der Waals surface area contributed by atoms with Crippen LogP contribution in [0.2, 0.25) is 0 Å². The Labute approximate surface area is 160 Å². The van der Waals surface area contributed by atoms with E-state index in [1.165, 1.54) is 5.56 Å². The van der Waals surface area contributed by atoms with Crippen LogP contribution >= 0.6 is 0 Å². The average molecular weight is 359 g/mol. The Kier molecular flexibility index (Phi) is 5.87. The number of carbonyl (C=O) groups is 1. The summed E-state index contributed by atoms with van der Waals surface area (Å²) in [4.78, 5) is 17.4. The van der Waals surface area contributed by atoms with E-state index in [1.54, 1.807) is 6.20 Å². The molecule has 2 aromatic carbocycles. The predicted molar refractivity (Wildman–Crippen MR) is 110 cm³/mol. The van der Waals surface area contributed by atoms with Gasteiger partial charge in [-0.25, -0.2) is 0 Å². The Morgan fingerprint density at radius 2 is 1.67 bits per heavy atom. The molecule has 0 radical (unpaired) electrons. The first-order chi connectivity index (χ1) is 13.1. The monoisotopic (exact) mass is 359 g/mol. The van der Waals surface area contributed by atoms with E-state index in [2.05, 4.69) is 15.6 Å². The minimum absolute atomic E-state index is 0.0646. The molecule has 0 saturated carbocycles. The lowest BCUT2D eigenvalue weighted by atomic mass is 9.90. The van der Waals surface area contributed by atoms with Crippen molar-refractivity contribution in [2.24, 2.45) is 0 Å². The summed E-state index contributed by atoms with van der Waals surface area (Å²) in [6.07, 6.45) is 2.46. The molecule has 4 heteroatoms. The zero-order valence-electron chi connectivity index (χ0n) is 15.8. The molecule has 1 heterocycles. The molecule has 0 aliphatic heterocycles.